The van der Waals surface area contributed by atoms with Crippen LogP contribution in [-0.4, -0.2) is 43.1 Å². The van der Waals surface area contributed by atoms with Crippen LogP contribution in [0.15, 0.2) is 35.5 Å². The fourth-order valence-electron chi connectivity index (χ4n) is 2.63. The van der Waals surface area contributed by atoms with Crippen LogP contribution in [0.2, 0.25) is 5.02 Å². The highest BCUT2D eigenvalue weighted by molar-refractivity contribution is 6.30. The van der Waals surface area contributed by atoms with Crippen molar-refractivity contribution in [1.82, 2.24) is 15.5 Å². The predicted molar refractivity (Wildman–Crippen MR) is 92.6 cm³/mol. The second kappa shape index (κ2) is 8.17. The van der Waals surface area contributed by atoms with E-state index in [0.717, 1.165) is 5.56 Å². The summed E-state index contributed by atoms with van der Waals surface area (Å²) in [5.41, 5.74) is 2.12. The van der Waals surface area contributed by atoms with Gasteiger partial charge in [0.25, 0.3) is 0 Å². The van der Waals surface area contributed by atoms with Crippen molar-refractivity contribution >= 4 is 23.6 Å². The van der Waals surface area contributed by atoms with Crippen molar-refractivity contribution in [3.63, 3.8) is 0 Å². The molecule has 1 aromatic carbocycles. The quantitative estimate of drug-likeness (QED) is 0.771. The molecular formula is C17H22ClN3O3. The zero-order valence-electron chi connectivity index (χ0n) is 14.1. The Labute approximate surface area is 146 Å². The largest absolute Gasteiger partial charge is 0.463 e. The molecule has 7 heteroatoms. The number of hydrogen-bond acceptors (Lipinski definition) is 4. The second-order valence-electron chi connectivity index (χ2n) is 5.73. The summed E-state index contributed by atoms with van der Waals surface area (Å²) in [5, 5.41) is 6.10. The van der Waals surface area contributed by atoms with E-state index in [1.54, 1.807) is 13.8 Å². The topological polar surface area (TPSA) is 70.7 Å². The molecule has 0 fully saturated rings. The maximum absolute atomic E-state index is 12.2. The molecule has 1 aliphatic heterocycles. The summed E-state index contributed by atoms with van der Waals surface area (Å²) in [4.78, 5) is 26.0. The number of amides is 2. The van der Waals surface area contributed by atoms with E-state index in [2.05, 4.69) is 10.6 Å². The van der Waals surface area contributed by atoms with E-state index in [4.69, 9.17) is 16.3 Å². The molecule has 2 rings (SSSR count). The zero-order chi connectivity index (χ0) is 17.7. The van der Waals surface area contributed by atoms with E-state index in [0.29, 0.717) is 29.4 Å². The van der Waals surface area contributed by atoms with Gasteiger partial charge in [0.2, 0.25) is 0 Å². The summed E-state index contributed by atoms with van der Waals surface area (Å²) >= 11 is 5.89. The smallest absolute Gasteiger partial charge is 0.337 e. The van der Waals surface area contributed by atoms with E-state index < -0.39 is 12.0 Å². The summed E-state index contributed by atoms with van der Waals surface area (Å²) in [7, 11) is 1.92. The molecule has 1 aromatic rings. The van der Waals surface area contributed by atoms with Gasteiger partial charge < -0.3 is 15.4 Å². The van der Waals surface area contributed by atoms with Gasteiger partial charge in [0, 0.05) is 23.8 Å². The van der Waals surface area contributed by atoms with Crippen molar-refractivity contribution in [2.45, 2.75) is 26.4 Å². The molecule has 2 N–H and O–H groups in total. The van der Waals surface area contributed by atoms with Gasteiger partial charge in [0.15, 0.2) is 0 Å². The lowest BCUT2D eigenvalue weighted by Crippen LogP contribution is -2.51. The molecule has 1 unspecified atom stereocenters. The minimum Gasteiger partial charge on any atom is -0.463 e. The lowest BCUT2D eigenvalue weighted by atomic mass is 10.0. The molecule has 1 heterocycles. The average molecular weight is 352 g/mol. The average Bonchev–Trinajstić information content (AvgIpc) is 2.49. The van der Waals surface area contributed by atoms with E-state index in [1.807, 2.05) is 36.2 Å². The van der Waals surface area contributed by atoms with Crippen LogP contribution < -0.4 is 10.6 Å². The molecule has 0 saturated carbocycles. The van der Waals surface area contributed by atoms with E-state index in [9.17, 15) is 9.59 Å². The molecule has 6 nitrogen and oxygen atoms in total. The highest BCUT2D eigenvalue weighted by atomic mass is 35.5. The highest BCUT2D eigenvalue weighted by Crippen LogP contribution is 2.16. The van der Waals surface area contributed by atoms with E-state index in [-0.39, 0.29) is 12.6 Å². The summed E-state index contributed by atoms with van der Waals surface area (Å²) in [6.07, 6.45) is 0. The Kier molecular flexibility index (Phi) is 6.23. The minimum absolute atomic E-state index is 0.289. The molecule has 1 aliphatic rings. The first kappa shape index (κ1) is 18.3. The predicted octanol–water partition coefficient (Wildman–Crippen LogP) is 2.29. The molecule has 0 aliphatic carbocycles. The van der Waals surface area contributed by atoms with Crippen LogP contribution in [0, 0.1) is 0 Å². The first-order chi connectivity index (χ1) is 11.4. The summed E-state index contributed by atoms with van der Waals surface area (Å²) in [6, 6.07) is 6.86. The molecule has 1 atom stereocenters. The van der Waals surface area contributed by atoms with Crippen molar-refractivity contribution in [1.29, 1.82) is 0 Å². The van der Waals surface area contributed by atoms with Crippen LogP contribution in [0.3, 0.4) is 0 Å². The standard InChI is InChI=1S/C17H22ClN3O3/c1-4-24-16(22)15-11(2)19-17(23)20-14(15)10-21(3)9-12-5-7-13(18)8-6-12/h5-8,11H,4,9-10H2,1-3H3,(H2,19,20,23). The third-order valence-electron chi connectivity index (χ3n) is 3.66. The summed E-state index contributed by atoms with van der Waals surface area (Å²) < 4.78 is 5.11. The molecule has 0 radical (unpaired) electrons. The molecule has 0 spiro atoms. The Morgan fingerprint density at radius 2 is 1.96 bits per heavy atom. The van der Waals surface area contributed by atoms with Gasteiger partial charge in [0.05, 0.1) is 18.2 Å². The number of carbonyl (C=O) groups excluding carboxylic acids is 2. The van der Waals surface area contributed by atoms with Crippen molar-refractivity contribution in [3.8, 4) is 0 Å². The molecule has 0 aromatic heterocycles. The third-order valence-corrected chi connectivity index (χ3v) is 3.91. The van der Waals surface area contributed by atoms with E-state index >= 15 is 0 Å². The van der Waals surface area contributed by atoms with E-state index in [1.165, 1.54) is 0 Å². The molecule has 2 amide bonds. The monoisotopic (exact) mass is 351 g/mol. The molecular weight excluding hydrogens is 330 g/mol. The normalized spacial score (nSPS) is 17.5. The Hall–Kier alpha value is -2.05. The van der Waals surface area contributed by atoms with Crippen LogP contribution >= 0.6 is 11.6 Å². The van der Waals surface area contributed by atoms with Crippen LogP contribution in [0.5, 0.6) is 0 Å². The van der Waals surface area contributed by atoms with Gasteiger partial charge in [-0.3, -0.25) is 4.90 Å². The number of carbonyl (C=O) groups is 2. The van der Waals surface area contributed by atoms with Crippen molar-refractivity contribution < 1.29 is 14.3 Å². The molecule has 0 bridgehead atoms. The highest BCUT2D eigenvalue weighted by Gasteiger charge is 2.30. The van der Waals surface area contributed by atoms with Gasteiger partial charge in [-0.25, -0.2) is 9.59 Å². The van der Waals surface area contributed by atoms with Crippen LogP contribution in [0.1, 0.15) is 19.4 Å². The maximum Gasteiger partial charge on any atom is 0.337 e. The zero-order valence-corrected chi connectivity index (χ0v) is 14.8. The van der Waals surface area contributed by atoms with Crippen molar-refractivity contribution in [2.75, 3.05) is 20.2 Å². The number of likely N-dealkylation sites (N-methyl/N-ethyl adjacent to an activating group) is 1. The van der Waals surface area contributed by atoms with Gasteiger partial charge >= 0.3 is 12.0 Å². The number of halogens is 1. The van der Waals surface area contributed by atoms with Gasteiger partial charge in [-0.15, -0.1) is 0 Å². The third kappa shape index (κ3) is 4.72. The first-order valence-corrected chi connectivity index (χ1v) is 8.19. The number of ether oxygens (including phenoxy) is 1. The number of esters is 1. The summed E-state index contributed by atoms with van der Waals surface area (Å²) in [6.45, 7) is 4.90. The number of nitrogens with one attached hydrogen (secondary N) is 2. The molecule has 0 saturated heterocycles. The van der Waals surface area contributed by atoms with Crippen LogP contribution in [0.4, 0.5) is 4.79 Å². The van der Waals surface area contributed by atoms with Gasteiger partial charge in [0.1, 0.15) is 0 Å². The SMILES string of the molecule is CCOC(=O)C1=C(CN(C)Cc2ccc(Cl)cc2)NC(=O)NC1C. The number of nitrogens with zero attached hydrogens (tertiary/aromatic N) is 1. The Balaban J connectivity index is 2.15. The Bertz CT molecular complexity index is 643. The molecule has 24 heavy (non-hydrogen) atoms. The fourth-order valence-corrected chi connectivity index (χ4v) is 2.76. The van der Waals surface area contributed by atoms with Crippen molar-refractivity contribution in [2.24, 2.45) is 0 Å². The van der Waals surface area contributed by atoms with Gasteiger partial charge in [-0.05, 0) is 38.6 Å². The first-order valence-electron chi connectivity index (χ1n) is 7.81. The Morgan fingerprint density at radius 1 is 1.29 bits per heavy atom. The minimum atomic E-state index is -0.410. The summed E-state index contributed by atoms with van der Waals surface area (Å²) in [5.74, 6) is -0.410. The van der Waals surface area contributed by atoms with Crippen molar-refractivity contribution in [3.05, 3.63) is 46.1 Å². The number of hydrogen-bond donors (Lipinski definition) is 2. The number of urea groups is 1. The van der Waals surface area contributed by atoms with Crippen LogP contribution in [0.25, 0.3) is 0 Å². The fraction of sp³-hybridized carbons (Fsp3) is 0.412. The number of rotatable bonds is 6. The van der Waals surface area contributed by atoms with Gasteiger partial charge in [-0.2, -0.15) is 0 Å². The second-order valence-corrected chi connectivity index (χ2v) is 6.17. The number of benzene rings is 1. The lowest BCUT2D eigenvalue weighted by molar-refractivity contribution is -0.139. The maximum atomic E-state index is 12.2. The Morgan fingerprint density at radius 3 is 2.58 bits per heavy atom. The lowest BCUT2D eigenvalue weighted by Gasteiger charge is -2.29. The van der Waals surface area contributed by atoms with Crippen LogP contribution in [-0.2, 0) is 16.1 Å². The molecule has 130 valence electrons. The van der Waals surface area contributed by atoms with Gasteiger partial charge in [-0.1, -0.05) is 23.7 Å².